The predicted octanol–water partition coefficient (Wildman–Crippen LogP) is 2.76. The first kappa shape index (κ1) is 16.7. The van der Waals surface area contributed by atoms with Gasteiger partial charge in [0.15, 0.2) is 0 Å². The summed E-state index contributed by atoms with van der Waals surface area (Å²) in [6.45, 7) is 0. The minimum absolute atomic E-state index is 0.197. The highest BCUT2D eigenvalue weighted by Crippen LogP contribution is 2.49. The van der Waals surface area contributed by atoms with Gasteiger partial charge in [0.1, 0.15) is 5.69 Å². The van der Waals surface area contributed by atoms with E-state index in [1.54, 1.807) is 24.5 Å². The highest BCUT2D eigenvalue weighted by Gasteiger charge is 2.55. The molecular formula is C20H21N3O3. The molecule has 2 aromatic heterocycles. The summed E-state index contributed by atoms with van der Waals surface area (Å²) < 4.78 is 0. The smallest absolute Gasteiger partial charge is 0.308 e. The molecule has 6 nitrogen and oxygen atoms in total. The molecule has 134 valence electrons. The summed E-state index contributed by atoms with van der Waals surface area (Å²) in [7, 11) is 0. The number of nitrogens with zero attached hydrogens (tertiary/aromatic N) is 2. The number of aliphatic carboxylic acids is 1. The average Bonchev–Trinajstić information content (AvgIpc) is 2.66. The Morgan fingerprint density at radius 1 is 1.04 bits per heavy atom. The van der Waals surface area contributed by atoms with E-state index in [-0.39, 0.29) is 23.8 Å². The summed E-state index contributed by atoms with van der Waals surface area (Å²) in [4.78, 5) is 32.8. The number of nitrogens with one attached hydrogen (secondary N) is 1. The molecule has 2 aliphatic rings. The van der Waals surface area contributed by atoms with E-state index in [4.69, 9.17) is 0 Å². The minimum atomic E-state index is -0.808. The van der Waals surface area contributed by atoms with Crippen LogP contribution in [0.5, 0.6) is 0 Å². The van der Waals surface area contributed by atoms with E-state index in [2.05, 4.69) is 15.3 Å². The van der Waals surface area contributed by atoms with Gasteiger partial charge in [-0.1, -0.05) is 18.9 Å². The van der Waals surface area contributed by atoms with Crippen molar-refractivity contribution in [2.24, 2.45) is 17.8 Å². The number of carboxylic acid groups (broad SMARTS) is 1. The maximum Gasteiger partial charge on any atom is 0.308 e. The molecule has 2 saturated carbocycles. The van der Waals surface area contributed by atoms with Crippen molar-refractivity contribution in [1.82, 2.24) is 15.3 Å². The third-order valence-corrected chi connectivity index (χ3v) is 5.73. The number of amides is 1. The molecule has 1 amide bonds. The van der Waals surface area contributed by atoms with Crippen molar-refractivity contribution in [3.8, 4) is 11.3 Å². The van der Waals surface area contributed by atoms with Crippen LogP contribution in [0.25, 0.3) is 11.3 Å². The number of carbonyl (C=O) groups excluding carboxylic acids is 1. The first-order chi connectivity index (χ1) is 12.6. The lowest BCUT2D eigenvalue weighted by molar-refractivity contribution is -0.156. The van der Waals surface area contributed by atoms with Gasteiger partial charge in [0.05, 0.1) is 11.6 Å². The maximum atomic E-state index is 12.7. The lowest BCUT2D eigenvalue weighted by Crippen LogP contribution is -2.63. The monoisotopic (exact) mass is 351 g/mol. The summed E-state index contributed by atoms with van der Waals surface area (Å²) in [6, 6.07) is 8.67. The Hall–Kier alpha value is -2.76. The van der Waals surface area contributed by atoms with Crippen LogP contribution in [0.2, 0.25) is 0 Å². The first-order valence-corrected chi connectivity index (χ1v) is 9.06. The second-order valence-corrected chi connectivity index (χ2v) is 7.12. The van der Waals surface area contributed by atoms with E-state index >= 15 is 0 Å². The largest absolute Gasteiger partial charge is 0.481 e. The molecule has 2 fully saturated rings. The van der Waals surface area contributed by atoms with Crippen molar-refractivity contribution in [1.29, 1.82) is 0 Å². The molecule has 6 heteroatoms. The molecule has 0 spiro atoms. The molecule has 2 N–H and O–H groups in total. The number of carboxylic acids is 1. The van der Waals surface area contributed by atoms with Crippen LogP contribution in [0.4, 0.5) is 0 Å². The molecule has 0 unspecified atom stereocenters. The van der Waals surface area contributed by atoms with Gasteiger partial charge in [-0.2, -0.15) is 0 Å². The zero-order valence-electron chi connectivity index (χ0n) is 14.3. The van der Waals surface area contributed by atoms with E-state index in [1.807, 2.05) is 18.2 Å². The molecule has 4 rings (SSSR count). The third kappa shape index (κ3) is 2.96. The van der Waals surface area contributed by atoms with E-state index in [0.29, 0.717) is 11.4 Å². The fourth-order valence-corrected chi connectivity index (χ4v) is 4.47. The van der Waals surface area contributed by atoms with Crippen molar-refractivity contribution in [2.45, 2.75) is 31.7 Å². The van der Waals surface area contributed by atoms with Crippen molar-refractivity contribution < 1.29 is 14.7 Å². The van der Waals surface area contributed by atoms with Crippen LogP contribution in [-0.2, 0) is 4.79 Å². The molecule has 0 aliphatic heterocycles. The average molecular weight is 351 g/mol. The fraction of sp³-hybridized carbons (Fsp3) is 0.400. The molecular weight excluding hydrogens is 330 g/mol. The summed E-state index contributed by atoms with van der Waals surface area (Å²) >= 11 is 0. The minimum Gasteiger partial charge on any atom is -0.481 e. The maximum absolute atomic E-state index is 12.7. The number of aromatic nitrogens is 2. The van der Waals surface area contributed by atoms with E-state index in [9.17, 15) is 14.7 Å². The normalized spacial score (nSPS) is 27.1. The molecule has 2 aliphatic carbocycles. The van der Waals surface area contributed by atoms with Crippen LogP contribution < -0.4 is 5.32 Å². The summed E-state index contributed by atoms with van der Waals surface area (Å²) in [5.41, 5.74) is 1.88. The third-order valence-electron chi connectivity index (χ3n) is 5.73. The van der Waals surface area contributed by atoms with Crippen molar-refractivity contribution in [3.63, 3.8) is 0 Å². The zero-order chi connectivity index (χ0) is 18.1. The van der Waals surface area contributed by atoms with E-state index < -0.39 is 11.9 Å². The highest BCUT2D eigenvalue weighted by atomic mass is 16.4. The van der Waals surface area contributed by atoms with E-state index in [1.165, 1.54) is 0 Å². The van der Waals surface area contributed by atoms with E-state index in [0.717, 1.165) is 31.2 Å². The standard InChI is InChI=1S/C20H21N3O3/c24-19(16-7-3-6-15(22-16)12-8-10-21-11-9-12)23-18-14-5-2-1-4-13(14)17(18)20(25)26/h3,6-11,13-14,17-18H,1-2,4-5H2,(H,23,24)(H,25,26)/t13-,14+,17-,18-/m0/s1. The Kier molecular flexibility index (Phi) is 4.41. The van der Waals surface area contributed by atoms with Gasteiger partial charge in [0.25, 0.3) is 5.91 Å². The molecule has 2 heterocycles. The molecule has 0 radical (unpaired) electrons. The molecule has 4 atom stereocenters. The second kappa shape index (κ2) is 6.86. The van der Waals surface area contributed by atoms with Crippen LogP contribution in [0, 0.1) is 17.8 Å². The first-order valence-electron chi connectivity index (χ1n) is 9.06. The Balaban J connectivity index is 1.52. The molecule has 26 heavy (non-hydrogen) atoms. The van der Waals surface area contributed by atoms with Crippen LogP contribution in [0.15, 0.2) is 42.7 Å². The highest BCUT2D eigenvalue weighted by molar-refractivity contribution is 5.93. The number of pyridine rings is 2. The Morgan fingerprint density at radius 3 is 2.50 bits per heavy atom. The molecule has 0 saturated heterocycles. The quantitative estimate of drug-likeness (QED) is 0.884. The van der Waals surface area contributed by atoms with Gasteiger partial charge in [-0.15, -0.1) is 0 Å². The number of carbonyl (C=O) groups is 2. The van der Waals surface area contributed by atoms with Crippen molar-refractivity contribution >= 4 is 11.9 Å². The Bertz CT molecular complexity index is 824. The number of fused-ring (bicyclic) bond motifs is 1. The lowest BCUT2D eigenvalue weighted by Gasteiger charge is -2.52. The van der Waals surface area contributed by atoms with Crippen LogP contribution in [-0.4, -0.2) is 33.0 Å². The molecule has 0 bridgehead atoms. The zero-order valence-corrected chi connectivity index (χ0v) is 14.3. The second-order valence-electron chi connectivity index (χ2n) is 7.12. The lowest BCUT2D eigenvalue weighted by atomic mass is 9.55. The van der Waals surface area contributed by atoms with Crippen molar-refractivity contribution in [3.05, 3.63) is 48.4 Å². The topological polar surface area (TPSA) is 92.2 Å². The Labute approximate surface area is 151 Å². The van der Waals surface area contributed by atoms with Gasteiger partial charge in [0, 0.05) is 24.0 Å². The number of hydrogen-bond acceptors (Lipinski definition) is 4. The van der Waals surface area contributed by atoms with Crippen LogP contribution in [0.1, 0.15) is 36.2 Å². The van der Waals surface area contributed by atoms with Crippen LogP contribution in [0.3, 0.4) is 0 Å². The summed E-state index contributed by atoms with van der Waals surface area (Å²) in [5, 5.41) is 12.5. The molecule has 2 aromatic rings. The summed E-state index contributed by atoms with van der Waals surface area (Å²) in [6.07, 6.45) is 7.49. The Morgan fingerprint density at radius 2 is 1.77 bits per heavy atom. The number of rotatable bonds is 4. The van der Waals surface area contributed by atoms with Gasteiger partial charge >= 0.3 is 5.97 Å². The van der Waals surface area contributed by atoms with Gasteiger partial charge < -0.3 is 10.4 Å². The van der Waals surface area contributed by atoms with Gasteiger partial charge in [-0.3, -0.25) is 14.6 Å². The number of hydrogen-bond donors (Lipinski definition) is 2. The predicted molar refractivity (Wildman–Crippen MR) is 95.3 cm³/mol. The van der Waals surface area contributed by atoms with Gasteiger partial charge in [0.2, 0.25) is 0 Å². The van der Waals surface area contributed by atoms with Gasteiger partial charge in [-0.25, -0.2) is 4.98 Å². The summed E-state index contributed by atoms with van der Waals surface area (Å²) in [5.74, 6) is -1.12. The van der Waals surface area contributed by atoms with Gasteiger partial charge in [-0.05, 0) is 48.9 Å². The molecule has 0 aromatic carbocycles. The van der Waals surface area contributed by atoms with Crippen molar-refractivity contribution in [2.75, 3.05) is 0 Å². The fourth-order valence-electron chi connectivity index (χ4n) is 4.47. The SMILES string of the molecule is O=C(N[C@H]1[C@@H]2CCCC[C@@H]2[C@@H]1C(=O)O)c1cccc(-c2ccncc2)n1. The van der Waals surface area contributed by atoms with Crippen LogP contribution >= 0.6 is 0 Å².